The first-order valence-electron chi connectivity index (χ1n) is 5.72. The molecule has 0 bridgehead atoms. The van der Waals surface area contributed by atoms with Crippen LogP contribution >= 0.6 is 45.2 Å². The molecule has 0 radical (unpaired) electrons. The van der Waals surface area contributed by atoms with Crippen LogP contribution in [0.4, 0.5) is 0 Å². The third-order valence-corrected chi connectivity index (χ3v) is 4.84. The van der Waals surface area contributed by atoms with E-state index in [2.05, 4.69) is 96.3 Å². The number of rotatable bonds is 2. The van der Waals surface area contributed by atoms with E-state index in [-0.39, 0.29) is 5.41 Å². The number of hydrogen-bond donors (Lipinski definition) is 0. The number of fused-ring (bicyclic) bond motifs is 1. The van der Waals surface area contributed by atoms with Crippen LogP contribution in [0.25, 0.3) is 5.57 Å². The molecule has 1 aromatic rings. The highest BCUT2D eigenvalue weighted by atomic mass is 127. The molecule has 1 aromatic carbocycles. The van der Waals surface area contributed by atoms with Gasteiger partial charge in [0.15, 0.2) is 0 Å². The van der Waals surface area contributed by atoms with Gasteiger partial charge in [-0.15, -0.1) is 0 Å². The maximum Gasteiger partial charge on any atom is 0.0179 e. The summed E-state index contributed by atoms with van der Waals surface area (Å²) in [5, 5.41) is 0. The minimum Gasteiger partial charge on any atom is -0.0818 e. The second-order valence-electron chi connectivity index (χ2n) is 4.91. The van der Waals surface area contributed by atoms with Gasteiger partial charge >= 0.3 is 0 Å². The standard InChI is InChI=1S/C15H16I2/c1-10-12(5-4-8-16)13-9-11(17)6-7-14(13)15(10,2)3/h4-7,9H,8H2,1-3H3/b5-4-. The van der Waals surface area contributed by atoms with Crippen molar-refractivity contribution in [3.63, 3.8) is 0 Å². The quantitative estimate of drug-likeness (QED) is 0.422. The molecule has 2 heteroatoms. The summed E-state index contributed by atoms with van der Waals surface area (Å²) in [7, 11) is 0. The first-order chi connectivity index (χ1) is 7.98. The SMILES string of the molecule is CC1=C(/C=C\CI)c2cc(I)ccc2C1(C)C. The highest BCUT2D eigenvalue weighted by Gasteiger charge is 2.34. The van der Waals surface area contributed by atoms with Crippen LogP contribution in [-0.2, 0) is 5.41 Å². The van der Waals surface area contributed by atoms with Gasteiger partial charge in [-0.25, -0.2) is 0 Å². The molecule has 0 amide bonds. The normalized spacial score (nSPS) is 17.9. The average Bonchev–Trinajstić information content (AvgIpc) is 2.45. The average molecular weight is 450 g/mol. The molecule has 0 saturated heterocycles. The van der Waals surface area contributed by atoms with E-state index in [9.17, 15) is 0 Å². The van der Waals surface area contributed by atoms with Crippen LogP contribution < -0.4 is 0 Å². The summed E-state index contributed by atoms with van der Waals surface area (Å²) in [4.78, 5) is 0. The van der Waals surface area contributed by atoms with E-state index in [4.69, 9.17) is 0 Å². The van der Waals surface area contributed by atoms with Gasteiger partial charge in [0.05, 0.1) is 0 Å². The van der Waals surface area contributed by atoms with E-state index >= 15 is 0 Å². The summed E-state index contributed by atoms with van der Waals surface area (Å²) in [6.07, 6.45) is 4.52. The number of allylic oxidation sites excluding steroid dienone is 4. The smallest absolute Gasteiger partial charge is 0.0179 e. The first-order valence-corrected chi connectivity index (χ1v) is 8.33. The first kappa shape index (κ1) is 13.6. The molecule has 0 aliphatic heterocycles. The molecule has 17 heavy (non-hydrogen) atoms. The fourth-order valence-corrected chi connectivity index (χ4v) is 3.15. The zero-order valence-electron chi connectivity index (χ0n) is 10.3. The van der Waals surface area contributed by atoms with Crippen LogP contribution in [0.2, 0.25) is 0 Å². The molecular weight excluding hydrogens is 434 g/mol. The second kappa shape index (κ2) is 5.03. The summed E-state index contributed by atoms with van der Waals surface area (Å²) < 4.78 is 2.38. The van der Waals surface area contributed by atoms with Crippen LogP contribution in [0.5, 0.6) is 0 Å². The van der Waals surface area contributed by atoms with E-state index in [1.807, 2.05) is 0 Å². The van der Waals surface area contributed by atoms with Crippen molar-refractivity contribution in [2.45, 2.75) is 26.2 Å². The Morgan fingerprint density at radius 3 is 2.65 bits per heavy atom. The fourth-order valence-electron chi connectivity index (χ4n) is 2.40. The topological polar surface area (TPSA) is 0 Å². The highest BCUT2D eigenvalue weighted by Crippen LogP contribution is 2.46. The van der Waals surface area contributed by atoms with Crippen LogP contribution in [0, 0.1) is 3.57 Å². The van der Waals surface area contributed by atoms with E-state index in [1.165, 1.54) is 25.8 Å². The molecule has 0 unspecified atom stereocenters. The molecule has 1 aliphatic rings. The van der Waals surface area contributed by atoms with Crippen molar-refractivity contribution >= 4 is 50.8 Å². The third-order valence-electron chi connectivity index (χ3n) is 3.66. The summed E-state index contributed by atoms with van der Waals surface area (Å²) in [5.41, 5.74) is 5.95. The molecule has 0 saturated carbocycles. The number of hydrogen-bond acceptors (Lipinski definition) is 0. The summed E-state index contributed by atoms with van der Waals surface area (Å²) >= 11 is 4.78. The van der Waals surface area contributed by atoms with Gasteiger partial charge in [0, 0.05) is 13.4 Å². The van der Waals surface area contributed by atoms with Crippen molar-refractivity contribution in [1.82, 2.24) is 0 Å². The molecule has 1 aliphatic carbocycles. The molecule has 90 valence electrons. The van der Waals surface area contributed by atoms with Crippen LogP contribution in [0.15, 0.2) is 35.9 Å². The number of halogens is 2. The van der Waals surface area contributed by atoms with Crippen molar-refractivity contribution in [3.8, 4) is 0 Å². The Balaban J connectivity index is 2.63. The second-order valence-corrected chi connectivity index (χ2v) is 7.04. The van der Waals surface area contributed by atoms with Gasteiger partial charge in [-0.1, -0.05) is 60.2 Å². The molecular formula is C15H16I2. The van der Waals surface area contributed by atoms with Gasteiger partial charge in [-0.3, -0.25) is 0 Å². The van der Waals surface area contributed by atoms with E-state index < -0.39 is 0 Å². The Bertz CT molecular complexity index is 508. The number of benzene rings is 1. The van der Waals surface area contributed by atoms with E-state index in [1.54, 1.807) is 0 Å². The molecule has 0 aromatic heterocycles. The van der Waals surface area contributed by atoms with Gasteiger partial charge < -0.3 is 0 Å². The predicted molar refractivity (Wildman–Crippen MR) is 92.8 cm³/mol. The largest absolute Gasteiger partial charge is 0.0818 e. The number of alkyl halides is 1. The Hall–Kier alpha value is 0.160. The van der Waals surface area contributed by atoms with Gasteiger partial charge in [0.2, 0.25) is 0 Å². The van der Waals surface area contributed by atoms with E-state index in [0.717, 1.165) is 4.43 Å². The van der Waals surface area contributed by atoms with Crippen LogP contribution in [0.1, 0.15) is 31.9 Å². The maximum atomic E-state index is 2.39. The zero-order chi connectivity index (χ0) is 12.6. The Morgan fingerprint density at radius 2 is 2.00 bits per heavy atom. The van der Waals surface area contributed by atoms with Gasteiger partial charge in [0.1, 0.15) is 0 Å². The van der Waals surface area contributed by atoms with Crippen LogP contribution in [-0.4, -0.2) is 4.43 Å². The maximum absolute atomic E-state index is 2.39. The minimum atomic E-state index is 0.171. The Kier molecular flexibility index (Phi) is 4.02. The predicted octanol–water partition coefficient (Wildman–Crippen LogP) is 5.35. The lowest BCUT2D eigenvalue weighted by Gasteiger charge is -2.22. The van der Waals surface area contributed by atoms with Crippen molar-refractivity contribution in [2.24, 2.45) is 0 Å². The molecule has 0 fully saturated rings. The van der Waals surface area contributed by atoms with Gasteiger partial charge in [0.25, 0.3) is 0 Å². The molecule has 2 rings (SSSR count). The van der Waals surface area contributed by atoms with Crippen LogP contribution in [0.3, 0.4) is 0 Å². The van der Waals surface area contributed by atoms with Gasteiger partial charge in [-0.05, 0) is 58.3 Å². The van der Waals surface area contributed by atoms with E-state index in [0.29, 0.717) is 0 Å². The lowest BCUT2D eigenvalue weighted by molar-refractivity contribution is 0.639. The fraction of sp³-hybridized carbons (Fsp3) is 0.333. The molecule has 0 atom stereocenters. The van der Waals surface area contributed by atoms with Crippen molar-refractivity contribution < 1.29 is 0 Å². The van der Waals surface area contributed by atoms with Crippen molar-refractivity contribution in [2.75, 3.05) is 4.43 Å². The molecule has 0 heterocycles. The third kappa shape index (κ3) is 2.35. The lowest BCUT2D eigenvalue weighted by atomic mass is 9.82. The highest BCUT2D eigenvalue weighted by molar-refractivity contribution is 14.1. The minimum absolute atomic E-state index is 0.171. The zero-order valence-corrected chi connectivity index (χ0v) is 14.7. The van der Waals surface area contributed by atoms with Crippen molar-refractivity contribution in [3.05, 3.63) is 50.6 Å². The summed E-state index contributed by atoms with van der Waals surface area (Å²) in [5.74, 6) is 0. The van der Waals surface area contributed by atoms with Gasteiger partial charge in [-0.2, -0.15) is 0 Å². The Labute approximate surface area is 131 Å². The summed E-state index contributed by atoms with van der Waals surface area (Å²) in [6.45, 7) is 6.90. The van der Waals surface area contributed by atoms with Crippen molar-refractivity contribution in [1.29, 1.82) is 0 Å². The summed E-state index contributed by atoms with van der Waals surface area (Å²) in [6, 6.07) is 6.80. The molecule has 0 N–H and O–H groups in total. The Morgan fingerprint density at radius 1 is 1.29 bits per heavy atom. The molecule has 0 nitrogen and oxygen atoms in total. The monoisotopic (exact) mass is 450 g/mol. The molecule has 0 spiro atoms. The lowest BCUT2D eigenvalue weighted by Crippen LogP contribution is -2.15.